The molecule has 0 bridgehead atoms. The van der Waals surface area contributed by atoms with Gasteiger partial charge in [-0.3, -0.25) is 4.79 Å². The zero-order valence-corrected chi connectivity index (χ0v) is 6.19. The molecular weight excluding hydrogens is 118 g/mol. The highest BCUT2D eigenvalue weighted by atomic mass is 16.1. The van der Waals surface area contributed by atoms with Gasteiger partial charge in [-0.25, -0.2) is 0 Å². The van der Waals surface area contributed by atoms with E-state index in [1.54, 1.807) is 0 Å². The fourth-order valence-electron chi connectivity index (χ4n) is 0.424. The summed E-state index contributed by atoms with van der Waals surface area (Å²) in [6, 6.07) is 0.280. The number of hydrogen-bond acceptors (Lipinski definition) is 1. The van der Waals surface area contributed by atoms with Crippen molar-refractivity contribution in [3.8, 4) is 0 Å². The molecule has 0 aromatic rings. The van der Waals surface area contributed by atoms with E-state index in [1.807, 2.05) is 20.8 Å². The van der Waals surface area contributed by atoms with Crippen LogP contribution in [0.1, 0.15) is 27.2 Å². The third-order valence-electron chi connectivity index (χ3n) is 0.771. The molecule has 3 nitrogen and oxygen atoms in total. The Bertz CT molecular complexity index is 81.1. The van der Waals surface area contributed by atoms with E-state index >= 15 is 0 Å². The summed E-state index contributed by atoms with van der Waals surface area (Å²) in [6.07, 6.45) is 0.582. The zero-order chi connectivity index (χ0) is 6.57. The van der Waals surface area contributed by atoms with E-state index in [4.69, 9.17) is 0 Å². The van der Waals surface area contributed by atoms with E-state index in [0.717, 1.165) is 0 Å². The number of rotatable bonds is 2. The van der Waals surface area contributed by atoms with Gasteiger partial charge in [-0.05, 0) is 13.8 Å². The van der Waals surface area contributed by atoms with Crippen LogP contribution in [0.15, 0.2) is 0 Å². The zero-order valence-electron chi connectivity index (χ0n) is 6.19. The molecule has 3 heteroatoms. The highest BCUT2D eigenvalue weighted by molar-refractivity contribution is 5.75. The largest absolute Gasteiger partial charge is 0.412 e. The van der Waals surface area contributed by atoms with E-state index in [9.17, 15) is 4.79 Å². The summed E-state index contributed by atoms with van der Waals surface area (Å²) in [5.74, 6) is 0.125. The molecule has 0 spiro atoms. The number of nitrogens with one attached hydrogen (secondary N) is 1. The molecule has 0 radical (unpaired) electrons. The molecule has 0 aliphatic carbocycles. The fourth-order valence-corrected chi connectivity index (χ4v) is 0.424. The smallest absolute Gasteiger partial charge is 0.219 e. The SMILES string of the molecule is CCC(=O)NC(C)C.O. The summed E-state index contributed by atoms with van der Waals surface area (Å²) >= 11 is 0. The Labute approximate surface area is 55.8 Å². The van der Waals surface area contributed by atoms with Crippen LogP contribution >= 0.6 is 0 Å². The first-order valence-corrected chi connectivity index (χ1v) is 2.96. The minimum atomic E-state index is 0. The van der Waals surface area contributed by atoms with Crippen LogP contribution in [0.2, 0.25) is 0 Å². The van der Waals surface area contributed by atoms with Crippen LogP contribution in [-0.4, -0.2) is 17.4 Å². The van der Waals surface area contributed by atoms with Gasteiger partial charge < -0.3 is 10.8 Å². The first kappa shape index (κ1) is 11.3. The van der Waals surface area contributed by atoms with E-state index in [1.165, 1.54) is 0 Å². The van der Waals surface area contributed by atoms with Crippen molar-refractivity contribution in [3.05, 3.63) is 0 Å². The second-order valence-corrected chi connectivity index (χ2v) is 2.08. The third-order valence-corrected chi connectivity index (χ3v) is 0.771. The average Bonchev–Trinajstić information content (AvgIpc) is 1.65. The molecule has 0 fully saturated rings. The second-order valence-electron chi connectivity index (χ2n) is 2.08. The first-order chi connectivity index (χ1) is 3.66. The highest BCUT2D eigenvalue weighted by Crippen LogP contribution is 1.79. The Morgan fingerprint density at radius 3 is 2.11 bits per heavy atom. The summed E-state index contributed by atoms with van der Waals surface area (Å²) in [5, 5.41) is 2.75. The molecule has 1 amide bonds. The van der Waals surface area contributed by atoms with Crippen molar-refractivity contribution in [2.24, 2.45) is 0 Å². The lowest BCUT2D eigenvalue weighted by molar-refractivity contribution is -0.121. The lowest BCUT2D eigenvalue weighted by atomic mass is 10.3. The molecule has 0 atom stereocenters. The van der Waals surface area contributed by atoms with E-state index in [-0.39, 0.29) is 17.4 Å². The molecule has 0 aliphatic heterocycles. The van der Waals surface area contributed by atoms with Gasteiger partial charge in [0.15, 0.2) is 0 Å². The maximum Gasteiger partial charge on any atom is 0.219 e. The van der Waals surface area contributed by atoms with Gasteiger partial charge >= 0.3 is 0 Å². The van der Waals surface area contributed by atoms with Crippen molar-refractivity contribution in [1.82, 2.24) is 5.32 Å². The average molecular weight is 133 g/mol. The lowest BCUT2D eigenvalue weighted by Gasteiger charge is -2.04. The minimum Gasteiger partial charge on any atom is -0.412 e. The Morgan fingerprint density at radius 1 is 1.56 bits per heavy atom. The third kappa shape index (κ3) is 7.43. The second kappa shape index (κ2) is 5.56. The molecule has 0 heterocycles. The summed E-state index contributed by atoms with van der Waals surface area (Å²) < 4.78 is 0. The van der Waals surface area contributed by atoms with Crippen LogP contribution in [-0.2, 0) is 4.79 Å². The summed E-state index contributed by atoms with van der Waals surface area (Å²) in [5.41, 5.74) is 0. The predicted octanol–water partition coefficient (Wildman–Crippen LogP) is 0.0963. The Balaban J connectivity index is 0. The van der Waals surface area contributed by atoms with Crippen molar-refractivity contribution in [2.45, 2.75) is 33.2 Å². The van der Waals surface area contributed by atoms with Gasteiger partial charge in [0.25, 0.3) is 0 Å². The van der Waals surface area contributed by atoms with Crippen LogP contribution < -0.4 is 5.32 Å². The predicted molar refractivity (Wildman–Crippen MR) is 37.2 cm³/mol. The Kier molecular flexibility index (Phi) is 6.96. The highest BCUT2D eigenvalue weighted by Gasteiger charge is 1.96. The van der Waals surface area contributed by atoms with Crippen LogP contribution in [0.25, 0.3) is 0 Å². The number of hydrogen-bond donors (Lipinski definition) is 1. The van der Waals surface area contributed by atoms with E-state index in [0.29, 0.717) is 6.42 Å². The van der Waals surface area contributed by atoms with Crippen molar-refractivity contribution >= 4 is 5.91 Å². The van der Waals surface area contributed by atoms with Gasteiger partial charge in [-0.15, -0.1) is 0 Å². The normalized spacial score (nSPS) is 8.44. The molecule has 3 N–H and O–H groups in total. The monoisotopic (exact) mass is 133 g/mol. The minimum absolute atomic E-state index is 0. The number of carbonyl (C=O) groups excluding carboxylic acids is 1. The molecule has 0 saturated heterocycles. The lowest BCUT2D eigenvalue weighted by Crippen LogP contribution is -2.29. The van der Waals surface area contributed by atoms with Crippen molar-refractivity contribution in [2.75, 3.05) is 0 Å². The molecule has 0 saturated carbocycles. The van der Waals surface area contributed by atoms with Gasteiger partial charge in [0.2, 0.25) is 5.91 Å². The van der Waals surface area contributed by atoms with Crippen LogP contribution in [0.5, 0.6) is 0 Å². The van der Waals surface area contributed by atoms with Gasteiger partial charge in [0.05, 0.1) is 0 Å². The number of amides is 1. The Hall–Kier alpha value is -0.570. The molecule has 9 heavy (non-hydrogen) atoms. The molecule has 0 aromatic heterocycles. The molecule has 0 rings (SSSR count). The fraction of sp³-hybridized carbons (Fsp3) is 0.833. The molecule has 0 aromatic carbocycles. The summed E-state index contributed by atoms with van der Waals surface area (Å²) in [7, 11) is 0. The number of carbonyl (C=O) groups is 1. The van der Waals surface area contributed by atoms with Crippen LogP contribution in [0.4, 0.5) is 0 Å². The molecule has 56 valence electrons. The maximum absolute atomic E-state index is 10.5. The maximum atomic E-state index is 10.5. The standard InChI is InChI=1S/C6H13NO.H2O/c1-4-6(8)7-5(2)3;/h5H,4H2,1-3H3,(H,7,8);1H2. The summed E-state index contributed by atoms with van der Waals surface area (Å²) in [4.78, 5) is 10.5. The van der Waals surface area contributed by atoms with Gasteiger partial charge in [0.1, 0.15) is 0 Å². The first-order valence-electron chi connectivity index (χ1n) is 2.96. The quantitative estimate of drug-likeness (QED) is 0.570. The molecule has 0 unspecified atom stereocenters. The van der Waals surface area contributed by atoms with E-state index < -0.39 is 0 Å². The van der Waals surface area contributed by atoms with Crippen molar-refractivity contribution in [1.29, 1.82) is 0 Å². The van der Waals surface area contributed by atoms with E-state index in [2.05, 4.69) is 5.32 Å². The van der Waals surface area contributed by atoms with Gasteiger partial charge in [-0.1, -0.05) is 6.92 Å². The van der Waals surface area contributed by atoms with Crippen molar-refractivity contribution < 1.29 is 10.3 Å². The summed E-state index contributed by atoms with van der Waals surface area (Å²) in [6.45, 7) is 5.75. The molecule has 0 aliphatic rings. The topological polar surface area (TPSA) is 60.6 Å². The molecular formula is C6H15NO2. The van der Waals surface area contributed by atoms with Crippen LogP contribution in [0, 0.1) is 0 Å². The van der Waals surface area contributed by atoms with Crippen LogP contribution in [0.3, 0.4) is 0 Å². The van der Waals surface area contributed by atoms with Gasteiger partial charge in [-0.2, -0.15) is 0 Å². The van der Waals surface area contributed by atoms with Gasteiger partial charge in [0, 0.05) is 12.5 Å². The van der Waals surface area contributed by atoms with Crippen molar-refractivity contribution in [3.63, 3.8) is 0 Å². The Morgan fingerprint density at radius 2 is 2.00 bits per heavy atom.